The summed E-state index contributed by atoms with van der Waals surface area (Å²) in [6.45, 7) is 0. The van der Waals surface area contributed by atoms with Crippen LogP contribution in [-0.4, -0.2) is 12.1 Å². The minimum absolute atomic E-state index is 0.212. The molecule has 1 amide bonds. The number of nitrogens with one attached hydrogen (secondary N) is 1. The molecule has 1 N–H and O–H groups in total. The summed E-state index contributed by atoms with van der Waals surface area (Å²) in [6, 6.07) is 21.6. The number of nitrogens with zero attached hydrogens (tertiary/aromatic N) is 1. The molecule has 0 saturated heterocycles. The van der Waals surface area contributed by atoms with Crippen molar-refractivity contribution in [1.29, 1.82) is 0 Å². The molecule has 0 bridgehead atoms. The summed E-state index contributed by atoms with van der Waals surface area (Å²) in [5.41, 5.74) is 4.10. The molecule has 108 valence electrons. The zero-order chi connectivity index (χ0) is 15.4. The van der Waals surface area contributed by atoms with Gasteiger partial charge in [0.25, 0.3) is 5.91 Å². The first kappa shape index (κ1) is 14.7. The van der Waals surface area contributed by atoms with Gasteiger partial charge in [-0.2, -0.15) is 5.10 Å². The van der Waals surface area contributed by atoms with Gasteiger partial charge in [0, 0.05) is 9.13 Å². The lowest BCUT2D eigenvalue weighted by molar-refractivity contribution is 0.0955. The summed E-state index contributed by atoms with van der Waals surface area (Å²) in [5.74, 6) is -0.212. The molecule has 0 aliphatic rings. The van der Waals surface area contributed by atoms with Gasteiger partial charge in [0.2, 0.25) is 0 Å². The predicted molar refractivity (Wildman–Crippen MR) is 98.2 cm³/mol. The number of carbonyl (C=O) groups excluding carboxylic acids is 1. The molecular weight excluding hydrogens is 387 g/mol. The average molecular weight is 400 g/mol. The van der Waals surface area contributed by atoms with Crippen molar-refractivity contribution in [3.63, 3.8) is 0 Å². The summed E-state index contributed by atoms with van der Waals surface area (Å²) in [5, 5.41) is 6.36. The van der Waals surface area contributed by atoms with Crippen LogP contribution in [0.4, 0.5) is 0 Å². The maximum Gasteiger partial charge on any atom is 0.271 e. The number of hydrogen-bond donors (Lipinski definition) is 1. The lowest BCUT2D eigenvalue weighted by Gasteiger charge is -2.01. The zero-order valence-electron chi connectivity index (χ0n) is 11.7. The van der Waals surface area contributed by atoms with Gasteiger partial charge in [-0.05, 0) is 63.2 Å². The van der Waals surface area contributed by atoms with E-state index >= 15 is 0 Å². The smallest absolute Gasteiger partial charge is 0.267 e. The maximum absolute atomic E-state index is 12.0. The van der Waals surface area contributed by atoms with Crippen molar-refractivity contribution in [3.8, 4) is 0 Å². The largest absolute Gasteiger partial charge is 0.271 e. The van der Waals surface area contributed by atoms with Crippen molar-refractivity contribution in [2.45, 2.75) is 0 Å². The minimum atomic E-state index is -0.212. The molecule has 3 nitrogen and oxygen atoms in total. The molecule has 0 aliphatic carbocycles. The van der Waals surface area contributed by atoms with Gasteiger partial charge in [0.15, 0.2) is 0 Å². The summed E-state index contributed by atoms with van der Waals surface area (Å²) in [4.78, 5) is 12.0. The predicted octanol–water partition coefficient (Wildman–Crippen LogP) is 4.21. The van der Waals surface area contributed by atoms with Gasteiger partial charge in [-0.3, -0.25) is 4.79 Å². The summed E-state index contributed by atoms with van der Waals surface area (Å²) >= 11 is 2.18. The average Bonchev–Trinajstić information content (AvgIpc) is 2.54. The SMILES string of the molecule is O=C(N/N=C\c1ccc2ccccc2c1)c1cccc(I)c1. The topological polar surface area (TPSA) is 41.5 Å². The van der Waals surface area contributed by atoms with Crippen LogP contribution in [0, 0.1) is 3.57 Å². The van der Waals surface area contributed by atoms with E-state index < -0.39 is 0 Å². The van der Waals surface area contributed by atoms with E-state index in [0.29, 0.717) is 5.56 Å². The number of hydrazone groups is 1. The molecule has 4 heteroatoms. The molecule has 0 radical (unpaired) electrons. The molecule has 3 rings (SSSR count). The first-order valence-electron chi connectivity index (χ1n) is 6.80. The first-order chi connectivity index (χ1) is 10.7. The lowest BCUT2D eigenvalue weighted by Crippen LogP contribution is -2.17. The number of benzene rings is 3. The van der Waals surface area contributed by atoms with Crippen LogP contribution in [-0.2, 0) is 0 Å². The Hall–Kier alpha value is -2.21. The highest BCUT2D eigenvalue weighted by Crippen LogP contribution is 2.14. The molecule has 0 unspecified atom stereocenters. The van der Waals surface area contributed by atoms with E-state index in [4.69, 9.17) is 0 Å². The fraction of sp³-hybridized carbons (Fsp3) is 0. The van der Waals surface area contributed by atoms with Crippen molar-refractivity contribution >= 4 is 45.5 Å². The summed E-state index contributed by atoms with van der Waals surface area (Å²) < 4.78 is 1.02. The van der Waals surface area contributed by atoms with Gasteiger partial charge in [-0.25, -0.2) is 5.43 Å². The highest BCUT2D eigenvalue weighted by molar-refractivity contribution is 14.1. The minimum Gasteiger partial charge on any atom is -0.267 e. The molecule has 0 spiro atoms. The fourth-order valence-corrected chi connectivity index (χ4v) is 2.69. The van der Waals surface area contributed by atoms with Crippen LogP contribution in [0.5, 0.6) is 0 Å². The molecule has 0 fully saturated rings. The van der Waals surface area contributed by atoms with Crippen LogP contribution in [0.1, 0.15) is 15.9 Å². The summed E-state index contributed by atoms with van der Waals surface area (Å²) in [7, 11) is 0. The third kappa shape index (κ3) is 3.51. The van der Waals surface area contributed by atoms with Gasteiger partial charge in [-0.15, -0.1) is 0 Å². The lowest BCUT2D eigenvalue weighted by atomic mass is 10.1. The van der Waals surface area contributed by atoms with Crippen molar-refractivity contribution in [3.05, 3.63) is 81.4 Å². The monoisotopic (exact) mass is 400 g/mol. The molecule has 3 aromatic carbocycles. The van der Waals surface area contributed by atoms with Crippen molar-refractivity contribution < 1.29 is 4.79 Å². The number of hydrogen-bond acceptors (Lipinski definition) is 2. The molecule has 3 aromatic rings. The van der Waals surface area contributed by atoms with Gasteiger partial charge < -0.3 is 0 Å². The molecule has 0 aromatic heterocycles. The Morgan fingerprint density at radius 3 is 2.59 bits per heavy atom. The van der Waals surface area contributed by atoms with E-state index in [0.717, 1.165) is 14.5 Å². The zero-order valence-corrected chi connectivity index (χ0v) is 13.8. The van der Waals surface area contributed by atoms with Gasteiger partial charge in [0.1, 0.15) is 0 Å². The number of fused-ring (bicyclic) bond motifs is 1. The highest BCUT2D eigenvalue weighted by atomic mass is 127. The third-order valence-electron chi connectivity index (χ3n) is 3.24. The quantitative estimate of drug-likeness (QED) is 0.400. The second-order valence-corrected chi connectivity index (χ2v) is 6.06. The summed E-state index contributed by atoms with van der Waals surface area (Å²) in [6.07, 6.45) is 1.65. The molecule has 22 heavy (non-hydrogen) atoms. The van der Waals surface area contributed by atoms with Crippen LogP contribution in [0.2, 0.25) is 0 Å². The number of halogens is 1. The van der Waals surface area contributed by atoms with Crippen LogP contribution in [0.25, 0.3) is 10.8 Å². The standard InChI is InChI=1S/C18H13IN2O/c19-17-7-3-6-16(11-17)18(22)21-20-12-13-8-9-14-4-1-2-5-15(14)10-13/h1-12H,(H,21,22)/b20-12-. The fourth-order valence-electron chi connectivity index (χ4n) is 2.15. The van der Waals surface area contributed by atoms with E-state index in [9.17, 15) is 4.79 Å². The Kier molecular flexibility index (Phi) is 4.48. The van der Waals surface area contributed by atoms with E-state index in [2.05, 4.69) is 45.3 Å². The molecule has 0 aliphatic heterocycles. The molecule has 0 heterocycles. The van der Waals surface area contributed by atoms with E-state index in [1.807, 2.05) is 48.5 Å². The second kappa shape index (κ2) is 6.70. The molecular formula is C18H13IN2O. The van der Waals surface area contributed by atoms with Crippen molar-refractivity contribution in [2.75, 3.05) is 0 Å². The Morgan fingerprint density at radius 2 is 1.77 bits per heavy atom. The third-order valence-corrected chi connectivity index (χ3v) is 3.91. The van der Waals surface area contributed by atoms with Crippen molar-refractivity contribution in [2.24, 2.45) is 5.10 Å². The van der Waals surface area contributed by atoms with Gasteiger partial charge in [0.05, 0.1) is 6.21 Å². The highest BCUT2D eigenvalue weighted by Gasteiger charge is 2.03. The Bertz CT molecular complexity index is 858. The molecule has 0 atom stereocenters. The Morgan fingerprint density at radius 1 is 0.955 bits per heavy atom. The van der Waals surface area contributed by atoms with Crippen LogP contribution in [0.15, 0.2) is 71.8 Å². The number of carbonyl (C=O) groups is 1. The molecule has 0 saturated carbocycles. The normalized spacial score (nSPS) is 11.0. The van der Waals surface area contributed by atoms with E-state index in [1.54, 1.807) is 12.3 Å². The van der Waals surface area contributed by atoms with Crippen molar-refractivity contribution in [1.82, 2.24) is 5.43 Å². The first-order valence-corrected chi connectivity index (χ1v) is 7.88. The van der Waals surface area contributed by atoms with Gasteiger partial charge >= 0.3 is 0 Å². The van der Waals surface area contributed by atoms with Gasteiger partial charge in [-0.1, -0.05) is 42.5 Å². The van der Waals surface area contributed by atoms with Crippen LogP contribution < -0.4 is 5.43 Å². The second-order valence-electron chi connectivity index (χ2n) is 4.82. The number of amides is 1. The maximum atomic E-state index is 12.0. The Labute approximate surface area is 142 Å². The van der Waals surface area contributed by atoms with E-state index in [-0.39, 0.29) is 5.91 Å². The number of rotatable bonds is 3. The van der Waals surface area contributed by atoms with Crippen LogP contribution >= 0.6 is 22.6 Å². The van der Waals surface area contributed by atoms with E-state index in [1.165, 1.54) is 5.39 Å². The Balaban J connectivity index is 1.72. The van der Waals surface area contributed by atoms with Crippen LogP contribution in [0.3, 0.4) is 0 Å².